The van der Waals surface area contributed by atoms with Crippen LogP contribution >= 0.6 is 28.1 Å². The van der Waals surface area contributed by atoms with Crippen LogP contribution in [0.1, 0.15) is 17.0 Å². The molecule has 0 atom stereocenters. The molecule has 0 radical (unpaired) electrons. The quantitative estimate of drug-likeness (QED) is 0.348. The van der Waals surface area contributed by atoms with Gasteiger partial charge in [-0.15, -0.1) is 0 Å². The number of halogens is 1. The number of rotatable bonds is 3. The molecule has 3 heterocycles. The number of pyridine rings is 1. The number of thiocarbonyl (C=S) groups is 1. The van der Waals surface area contributed by atoms with Gasteiger partial charge in [0.1, 0.15) is 11.4 Å². The molecule has 1 aliphatic heterocycles. The molecule has 0 bridgehead atoms. The monoisotopic (exact) mass is 480 g/mol. The van der Waals surface area contributed by atoms with Crippen molar-refractivity contribution in [3.63, 3.8) is 0 Å². The van der Waals surface area contributed by atoms with Crippen LogP contribution in [-0.4, -0.2) is 26.5 Å². The van der Waals surface area contributed by atoms with Crippen molar-refractivity contribution in [3.05, 3.63) is 81.7 Å². The zero-order valence-corrected chi connectivity index (χ0v) is 18.6. The standard InChI is InChI=1S/C22H17BrN4O2S/c1-13-11-15(14(2)26(13)19-5-3-4-10-24-19)12-18-20(28)25-22(30)27(21(18)29)17-8-6-16(23)7-9-17/h3-12H,1-2H3,(H,25,28,30)/b18-12+. The SMILES string of the molecule is Cc1cc(/C=C2\C(=O)NC(=S)N(c3ccc(Br)cc3)C2=O)c(C)n1-c1ccccn1. The van der Waals surface area contributed by atoms with Gasteiger partial charge < -0.3 is 4.57 Å². The molecule has 1 aliphatic rings. The van der Waals surface area contributed by atoms with Crippen LogP contribution in [0.25, 0.3) is 11.9 Å². The topological polar surface area (TPSA) is 67.2 Å². The van der Waals surface area contributed by atoms with Gasteiger partial charge >= 0.3 is 0 Å². The molecule has 0 saturated carbocycles. The van der Waals surface area contributed by atoms with Crippen LogP contribution in [0.4, 0.5) is 5.69 Å². The molecule has 2 aromatic heterocycles. The fourth-order valence-electron chi connectivity index (χ4n) is 3.41. The van der Waals surface area contributed by atoms with Gasteiger partial charge in [0.25, 0.3) is 11.8 Å². The minimum Gasteiger partial charge on any atom is -0.303 e. The van der Waals surface area contributed by atoms with E-state index in [0.717, 1.165) is 27.2 Å². The van der Waals surface area contributed by atoms with E-state index in [4.69, 9.17) is 12.2 Å². The summed E-state index contributed by atoms with van der Waals surface area (Å²) in [5.74, 6) is -0.205. The molecule has 6 nitrogen and oxygen atoms in total. The number of benzene rings is 1. The molecule has 3 aromatic rings. The second-order valence-electron chi connectivity index (χ2n) is 6.78. The molecular weight excluding hydrogens is 464 g/mol. The smallest absolute Gasteiger partial charge is 0.270 e. The Labute approximate surface area is 187 Å². The lowest BCUT2D eigenvalue weighted by molar-refractivity contribution is -0.122. The number of carbonyl (C=O) groups excluding carboxylic acids is 2. The van der Waals surface area contributed by atoms with E-state index in [9.17, 15) is 9.59 Å². The highest BCUT2D eigenvalue weighted by Crippen LogP contribution is 2.26. The predicted molar refractivity (Wildman–Crippen MR) is 123 cm³/mol. The Morgan fingerprint density at radius 2 is 1.83 bits per heavy atom. The number of nitrogens with zero attached hydrogens (tertiary/aromatic N) is 3. The predicted octanol–water partition coefficient (Wildman–Crippen LogP) is 4.08. The van der Waals surface area contributed by atoms with Gasteiger partial charge in [-0.05, 0) is 80.2 Å². The van der Waals surface area contributed by atoms with Crippen molar-refractivity contribution >= 4 is 56.8 Å². The summed E-state index contributed by atoms with van der Waals surface area (Å²) in [5, 5.41) is 2.67. The first-order valence-corrected chi connectivity index (χ1v) is 10.3. The van der Waals surface area contributed by atoms with Crippen LogP contribution in [0.2, 0.25) is 0 Å². The fourth-order valence-corrected chi connectivity index (χ4v) is 3.96. The van der Waals surface area contributed by atoms with Crippen molar-refractivity contribution in [1.82, 2.24) is 14.9 Å². The van der Waals surface area contributed by atoms with E-state index in [1.54, 1.807) is 24.4 Å². The van der Waals surface area contributed by atoms with Gasteiger partial charge in [0, 0.05) is 22.1 Å². The van der Waals surface area contributed by atoms with E-state index in [-0.39, 0.29) is 10.7 Å². The van der Waals surface area contributed by atoms with Gasteiger partial charge in [-0.2, -0.15) is 0 Å². The van der Waals surface area contributed by atoms with Gasteiger partial charge in [0.05, 0.1) is 5.69 Å². The first-order valence-electron chi connectivity index (χ1n) is 9.14. The van der Waals surface area contributed by atoms with Gasteiger partial charge in [-0.1, -0.05) is 22.0 Å². The number of anilines is 1. The van der Waals surface area contributed by atoms with E-state index in [0.29, 0.717) is 5.69 Å². The highest BCUT2D eigenvalue weighted by molar-refractivity contribution is 9.10. The molecule has 1 saturated heterocycles. The lowest BCUT2D eigenvalue weighted by Crippen LogP contribution is -2.54. The van der Waals surface area contributed by atoms with Gasteiger partial charge in [-0.3, -0.25) is 19.8 Å². The van der Waals surface area contributed by atoms with E-state index in [2.05, 4.69) is 26.2 Å². The Bertz CT molecular complexity index is 1200. The molecule has 1 aromatic carbocycles. The highest BCUT2D eigenvalue weighted by atomic mass is 79.9. The zero-order chi connectivity index (χ0) is 21.4. The molecular formula is C22H17BrN4O2S. The molecule has 8 heteroatoms. The first-order chi connectivity index (χ1) is 14.4. The summed E-state index contributed by atoms with van der Waals surface area (Å²) in [6.45, 7) is 3.88. The maximum atomic E-state index is 13.2. The molecule has 4 rings (SSSR count). The first kappa shape index (κ1) is 20.2. The van der Waals surface area contributed by atoms with E-state index >= 15 is 0 Å². The van der Waals surface area contributed by atoms with Crippen molar-refractivity contribution in [2.75, 3.05) is 4.90 Å². The average Bonchev–Trinajstić information content (AvgIpc) is 3.00. The third-order valence-corrected chi connectivity index (χ3v) is 5.65. The van der Waals surface area contributed by atoms with Crippen molar-refractivity contribution in [2.24, 2.45) is 0 Å². The van der Waals surface area contributed by atoms with Gasteiger partial charge in [0.2, 0.25) is 0 Å². The minimum atomic E-state index is -0.513. The minimum absolute atomic E-state index is 0.0211. The van der Waals surface area contributed by atoms with Crippen LogP contribution in [0.15, 0.2) is 64.8 Å². The number of aromatic nitrogens is 2. The summed E-state index contributed by atoms with van der Waals surface area (Å²) in [7, 11) is 0. The van der Waals surface area contributed by atoms with Gasteiger partial charge in [-0.25, -0.2) is 4.98 Å². The van der Waals surface area contributed by atoms with Crippen LogP contribution in [0.3, 0.4) is 0 Å². The largest absolute Gasteiger partial charge is 0.303 e. The number of nitrogens with one attached hydrogen (secondary N) is 1. The van der Waals surface area contributed by atoms with E-state index in [1.165, 1.54) is 4.90 Å². The highest BCUT2D eigenvalue weighted by Gasteiger charge is 2.34. The molecule has 150 valence electrons. The lowest BCUT2D eigenvalue weighted by atomic mass is 10.1. The molecule has 30 heavy (non-hydrogen) atoms. The van der Waals surface area contributed by atoms with E-state index in [1.807, 2.05) is 54.8 Å². The maximum Gasteiger partial charge on any atom is 0.270 e. The Balaban J connectivity index is 1.76. The average molecular weight is 481 g/mol. The normalized spacial score (nSPS) is 15.6. The summed E-state index contributed by atoms with van der Waals surface area (Å²) >= 11 is 8.63. The third kappa shape index (κ3) is 3.59. The summed E-state index contributed by atoms with van der Waals surface area (Å²) < 4.78 is 2.86. The van der Waals surface area contributed by atoms with Crippen LogP contribution < -0.4 is 10.2 Å². The van der Waals surface area contributed by atoms with Crippen molar-refractivity contribution in [2.45, 2.75) is 13.8 Å². The zero-order valence-electron chi connectivity index (χ0n) is 16.2. The molecule has 1 N–H and O–H groups in total. The summed E-state index contributed by atoms with van der Waals surface area (Å²) in [6.07, 6.45) is 3.33. The number of hydrogen-bond donors (Lipinski definition) is 1. The number of hydrogen-bond acceptors (Lipinski definition) is 4. The number of carbonyl (C=O) groups is 2. The number of aryl methyl sites for hydroxylation is 1. The Kier molecular flexibility index (Phi) is 5.36. The molecule has 0 unspecified atom stereocenters. The number of amides is 2. The van der Waals surface area contributed by atoms with Crippen molar-refractivity contribution in [3.8, 4) is 5.82 Å². The van der Waals surface area contributed by atoms with Gasteiger partial charge in [0.15, 0.2) is 5.11 Å². The molecule has 0 spiro atoms. The van der Waals surface area contributed by atoms with E-state index < -0.39 is 11.8 Å². The lowest BCUT2D eigenvalue weighted by Gasteiger charge is -2.29. The third-order valence-electron chi connectivity index (χ3n) is 4.84. The Morgan fingerprint density at radius 3 is 2.50 bits per heavy atom. The van der Waals surface area contributed by atoms with Crippen LogP contribution in [0.5, 0.6) is 0 Å². The van der Waals surface area contributed by atoms with Crippen LogP contribution in [-0.2, 0) is 9.59 Å². The van der Waals surface area contributed by atoms with Crippen LogP contribution in [0, 0.1) is 13.8 Å². The van der Waals surface area contributed by atoms with Crippen molar-refractivity contribution in [1.29, 1.82) is 0 Å². The Morgan fingerprint density at radius 1 is 1.10 bits per heavy atom. The van der Waals surface area contributed by atoms with Crippen molar-refractivity contribution < 1.29 is 9.59 Å². The summed E-state index contributed by atoms with van der Waals surface area (Å²) in [5.41, 5.74) is 3.19. The molecule has 2 amide bonds. The Hall–Kier alpha value is -3.10. The fraction of sp³-hybridized carbons (Fsp3) is 0.0909. The summed E-state index contributed by atoms with van der Waals surface area (Å²) in [6, 6.07) is 14.7. The maximum absolute atomic E-state index is 13.2. The second-order valence-corrected chi connectivity index (χ2v) is 8.09. The molecule has 0 aliphatic carbocycles. The second kappa shape index (κ2) is 7.97. The molecule has 1 fully saturated rings. The summed E-state index contributed by atoms with van der Waals surface area (Å²) in [4.78, 5) is 31.5.